The van der Waals surface area contributed by atoms with Crippen LogP contribution in [-0.2, 0) is 4.79 Å². The quantitative estimate of drug-likeness (QED) is 0.298. The number of aliphatic hydroxyl groups is 1. The third kappa shape index (κ3) is 4.98. The summed E-state index contributed by atoms with van der Waals surface area (Å²) in [5.74, 6) is -3.29. The van der Waals surface area contributed by atoms with Crippen molar-refractivity contribution in [2.45, 2.75) is 45.4 Å². The minimum atomic E-state index is -1.09. The summed E-state index contributed by atoms with van der Waals surface area (Å²) in [6, 6.07) is 6.35. The van der Waals surface area contributed by atoms with Crippen LogP contribution in [0.15, 0.2) is 49.2 Å². The predicted octanol–water partition coefficient (Wildman–Crippen LogP) is 5.50. The van der Waals surface area contributed by atoms with Gasteiger partial charge in [0.2, 0.25) is 5.91 Å². The second-order valence-corrected chi connectivity index (χ2v) is 10.7. The van der Waals surface area contributed by atoms with Crippen LogP contribution < -0.4 is 10.6 Å². The molecular weight excluding hydrogens is 545 g/mol. The summed E-state index contributed by atoms with van der Waals surface area (Å²) in [6.07, 6.45) is 2.19. The number of carbonyl (C=O) groups excluding carboxylic acids is 1. The van der Waals surface area contributed by atoms with Gasteiger partial charge in [0, 0.05) is 37.4 Å². The van der Waals surface area contributed by atoms with Crippen LogP contribution in [0.2, 0.25) is 0 Å². The second-order valence-electron chi connectivity index (χ2n) is 10.7. The van der Waals surface area contributed by atoms with E-state index in [-0.39, 0.29) is 58.6 Å². The molecule has 1 aromatic heterocycles. The molecule has 1 fully saturated rings. The number of aliphatic hydroxyl groups excluding tert-OH is 1. The average Bonchev–Trinajstić information content (AvgIpc) is 2.95. The molecule has 2 aliphatic rings. The van der Waals surface area contributed by atoms with E-state index in [0.29, 0.717) is 30.8 Å². The molecule has 3 aromatic rings. The van der Waals surface area contributed by atoms with Crippen LogP contribution in [0.25, 0.3) is 11.1 Å². The van der Waals surface area contributed by atoms with E-state index in [9.17, 15) is 19.7 Å². The summed E-state index contributed by atoms with van der Waals surface area (Å²) >= 11 is 0. The predicted molar refractivity (Wildman–Crippen MR) is 156 cm³/mol. The number of benzene rings is 2. The number of anilines is 3. The zero-order chi connectivity index (χ0) is 30.3. The van der Waals surface area contributed by atoms with Crippen molar-refractivity contribution in [1.82, 2.24) is 14.8 Å². The summed E-state index contributed by atoms with van der Waals surface area (Å²) in [7, 11) is 0. The molecule has 0 saturated carbocycles. The number of pyridine rings is 1. The van der Waals surface area contributed by atoms with E-state index in [2.05, 4.69) is 22.2 Å². The highest BCUT2D eigenvalue weighted by Crippen LogP contribution is 2.44. The number of fused-ring (bicyclic) bond motifs is 2. The van der Waals surface area contributed by atoms with Crippen molar-refractivity contribution in [3.05, 3.63) is 83.5 Å². The Hall–Kier alpha value is -4.38. The topological polar surface area (TPSA) is 105 Å². The molecule has 8 nitrogen and oxygen atoms in total. The van der Waals surface area contributed by atoms with Crippen molar-refractivity contribution in [3.8, 4) is 11.1 Å². The first-order chi connectivity index (χ1) is 20.0. The molecule has 2 aromatic carbocycles. The number of nitrogens with one attached hydrogen (secondary N) is 3. The number of nitrogens with zero attached hydrogens (tertiary/aromatic N) is 3. The number of aromatic nitrogens is 1. The Balaban J connectivity index is 1.76. The highest BCUT2D eigenvalue weighted by molar-refractivity contribution is 6.09. The first kappa shape index (κ1) is 29.1. The fourth-order valence-corrected chi connectivity index (χ4v) is 5.91. The van der Waals surface area contributed by atoms with Crippen LogP contribution in [0.1, 0.15) is 43.2 Å². The first-order valence-corrected chi connectivity index (χ1v) is 13.8. The van der Waals surface area contributed by atoms with Crippen LogP contribution >= 0.6 is 0 Å². The largest absolute Gasteiger partial charge is 0.387 e. The lowest BCUT2D eigenvalue weighted by atomic mass is 9.93. The van der Waals surface area contributed by atoms with E-state index in [1.54, 1.807) is 22.8 Å². The Kier molecular flexibility index (Phi) is 7.96. The number of halogens is 3. The molecule has 1 saturated heterocycles. The molecule has 5 rings (SSSR count). The smallest absolute Gasteiger partial charge is 0.246 e. The number of piperazine rings is 1. The molecule has 42 heavy (non-hydrogen) atoms. The summed E-state index contributed by atoms with van der Waals surface area (Å²) in [4.78, 5) is 20.1. The minimum Gasteiger partial charge on any atom is -0.387 e. The minimum absolute atomic E-state index is 0.0788. The number of amidine groups is 1. The molecule has 3 unspecified atom stereocenters. The average molecular weight is 579 g/mol. The third-order valence-corrected chi connectivity index (χ3v) is 7.90. The van der Waals surface area contributed by atoms with Gasteiger partial charge >= 0.3 is 0 Å². The number of aryl methyl sites for hydroxylation is 1. The SMILES string of the molecule is C=CC(=O)N1CC(C)N2C(=N)c3c(c(F)c(-c4ccccc4F)c(F)c3Nc3c(C)ccnc3C(C)O)NCCC2C1. The zero-order valence-electron chi connectivity index (χ0n) is 23.6. The van der Waals surface area contributed by atoms with E-state index in [0.717, 1.165) is 6.07 Å². The summed E-state index contributed by atoms with van der Waals surface area (Å²) in [6.45, 7) is 9.54. The van der Waals surface area contributed by atoms with Gasteiger partial charge in [-0.2, -0.15) is 0 Å². The molecule has 3 heterocycles. The summed E-state index contributed by atoms with van der Waals surface area (Å²) in [5.41, 5.74) is -0.177. The normalized spacial score (nSPS) is 19.2. The molecule has 0 radical (unpaired) electrons. The maximum absolute atomic E-state index is 16.7. The maximum Gasteiger partial charge on any atom is 0.246 e. The lowest BCUT2D eigenvalue weighted by Gasteiger charge is -2.48. The van der Waals surface area contributed by atoms with Gasteiger partial charge in [0.05, 0.1) is 46.0 Å². The molecule has 1 amide bonds. The third-order valence-electron chi connectivity index (χ3n) is 7.90. The van der Waals surface area contributed by atoms with Gasteiger partial charge in [-0.1, -0.05) is 24.8 Å². The van der Waals surface area contributed by atoms with E-state index >= 15 is 8.78 Å². The molecule has 11 heteroatoms. The highest BCUT2D eigenvalue weighted by Gasteiger charge is 2.40. The monoisotopic (exact) mass is 578 g/mol. The Bertz CT molecular complexity index is 1580. The van der Waals surface area contributed by atoms with Crippen molar-refractivity contribution in [2.24, 2.45) is 0 Å². The van der Waals surface area contributed by atoms with Crippen molar-refractivity contribution in [2.75, 3.05) is 30.3 Å². The van der Waals surface area contributed by atoms with Crippen molar-refractivity contribution >= 4 is 28.8 Å². The van der Waals surface area contributed by atoms with E-state index in [4.69, 9.17) is 0 Å². The van der Waals surface area contributed by atoms with Crippen LogP contribution in [0.4, 0.5) is 30.2 Å². The molecular formula is C31H33F3N6O2. The lowest BCUT2D eigenvalue weighted by Crippen LogP contribution is -2.61. The fraction of sp³-hybridized carbons (Fsp3) is 0.323. The van der Waals surface area contributed by atoms with Gasteiger partial charge in [-0.15, -0.1) is 0 Å². The van der Waals surface area contributed by atoms with Crippen LogP contribution in [0.5, 0.6) is 0 Å². The summed E-state index contributed by atoms with van der Waals surface area (Å²) in [5, 5.41) is 25.8. The Morgan fingerprint density at radius 1 is 1.19 bits per heavy atom. The van der Waals surface area contributed by atoms with Crippen LogP contribution in [0, 0.1) is 29.8 Å². The number of hydrogen-bond donors (Lipinski definition) is 4. The van der Waals surface area contributed by atoms with Gasteiger partial charge < -0.3 is 25.5 Å². The first-order valence-electron chi connectivity index (χ1n) is 13.8. The lowest BCUT2D eigenvalue weighted by molar-refractivity contribution is -0.129. The van der Waals surface area contributed by atoms with E-state index < -0.39 is 29.1 Å². The molecule has 2 aliphatic heterocycles. The molecule has 4 N–H and O–H groups in total. The van der Waals surface area contributed by atoms with Gasteiger partial charge in [-0.05, 0) is 51.0 Å². The van der Waals surface area contributed by atoms with Gasteiger partial charge in [-0.3, -0.25) is 15.2 Å². The number of carbonyl (C=O) groups is 1. The molecule has 220 valence electrons. The highest BCUT2D eigenvalue weighted by atomic mass is 19.1. The van der Waals surface area contributed by atoms with Crippen LogP contribution in [-0.4, -0.2) is 63.4 Å². The molecule has 0 bridgehead atoms. The maximum atomic E-state index is 16.7. The standard InChI is InChI=1S/C31H33F3N6O2/c1-5-22(42)39-14-17(3)40-19(15-39)11-13-37-29-24(31(40)35)30(38-27-16(2)10-12-36-28(27)18(4)41)26(34)23(25(29)33)20-8-6-7-9-21(20)32/h5-10,12,17-19,35,37-38,41H,1,11,13-15H2,2-4H3. The number of hydrogen-bond acceptors (Lipinski definition) is 6. The molecule has 3 atom stereocenters. The zero-order valence-corrected chi connectivity index (χ0v) is 23.6. The number of rotatable bonds is 5. The van der Waals surface area contributed by atoms with Gasteiger partial charge in [-0.25, -0.2) is 13.2 Å². The van der Waals surface area contributed by atoms with Crippen molar-refractivity contribution < 1.29 is 23.1 Å². The van der Waals surface area contributed by atoms with E-state index in [1.807, 2.05) is 6.92 Å². The molecule has 0 spiro atoms. The second kappa shape index (κ2) is 11.5. The Morgan fingerprint density at radius 2 is 1.93 bits per heavy atom. The Labute approximate surface area is 242 Å². The molecule has 0 aliphatic carbocycles. The van der Waals surface area contributed by atoms with Crippen molar-refractivity contribution in [1.29, 1.82) is 5.41 Å². The van der Waals surface area contributed by atoms with E-state index in [1.165, 1.54) is 37.4 Å². The van der Waals surface area contributed by atoms with Crippen molar-refractivity contribution in [3.63, 3.8) is 0 Å². The van der Waals surface area contributed by atoms with Gasteiger partial charge in [0.1, 0.15) is 11.7 Å². The Morgan fingerprint density at radius 3 is 2.62 bits per heavy atom. The van der Waals surface area contributed by atoms with Crippen LogP contribution in [0.3, 0.4) is 0 Å². The van der Waals surface area contributed by atoms with Gasteiger partial charge in [0.25, 0.3) is 0 Å². The number of amides is 1. The van der Waals surface area contributed by atoms with Gasteiger partial charge in [0.15, 0.2) is 11.6 Å². The fourth-order valence-electron chi connectivity index (χ4n) is 5.91. The summed E-state index contributed by atoms with van der Waals surface area (Å²) < 4.78 is 48.1.